The summed E-state index contributed by atoms with van der Waals surface area (Å²) < 4.78 is 10.4. The van der Waals surface area contributed by atoms with Gasteiger partial charge in [0.2, 0.25) is 0 Å². The van der Waals surface area contributed by atoms with Gasteiger partial charge in [-0.2, -0.15) is 0 Å². The summed E-state index contributed by atoms with van der Waals surface area (Å²) in [7, 11) is 3.01. The summed E-state index contributed by atoms with van der Waals surface area (Å²) in [6.45, 7) is 0. The van der Waals surface area contributed by atoms with Gasteiger partial charge in [-0.1, -0.05) is 11.6 Å². The molecule has 0 spiro atoms. The second-order valence-electron chi connectivity index (χ2n) is 4.05. The Hall–Kier alpha value is -2.47. The number of ether oxygens (including phenoxy) is 2. The van der Waals surface area contributed by atoms with Gasteiger partial charge in [-0.05, 0) is 12.1 Å². The molecule has 7 heteroatoms. The average molecular weight is 309 g/mol. The van der Waals surface area contributed by atoms with Crippen LogP contribution in [0.5, 0.6) is 11.5 Å². The lowest BCUT2D eigenvalue weighted by Crippen LogP contribution is -2.01. The molecule has 0 amide bonds. The average Bonchev–Trinajstić information content (AvgIpc) is 2.48. The Bertz CT molecular complexity index is 676. The van der Waals surface area contributed by atoms with E-state index >= 15 is 0 Å². The number of halogens is 1. The van der Waals surface area contributed by atoms with E-state index in [0.29, 0.717) is 28.0 Å². The van der Waals surface area contributed by atoms with Crippen LogP contribution in [-0.2, 0) is 0 Å². The zero-order valence-corrected chi connectivity index (χ0v) is 12.1. The number of hydrogen-bond acceptors (Lipinski definition) is 5. The summed E-state index contributed by atoms with van der Waals surface area (Å²) in [4.78, 5) is 15.0. The number of carbonyl (C=O) groups is 1. The summed E-state index contributed by atoms with van der Waals surface area (Å²) in [6, 6.07) is 6.08. The number of benzene rings is 1. The first-order valence-corrected chi connectivity index (χ1v) is 6.31. The van der Waals surface area contributed by atoms with Gasteiger partial charge in [0.1, 0.15) is 17.3 Å². The Balaban J connectivity index is 2.38. The maximum Gasteiger partial charge on any atom is 0.335 e. The fraction of sp³-hybridized carbons (Fsp3) is 0.143. The van der Waals surface area contributed by atoms with Crippen molar-refractivity contribution in [2.75, 3.05) is 19.5 Å². The second kappa shape index (κ2) is 6.32. The number of rotatable bonds is 5. The highest BCUT2D eigenvalue weighted by molar-refractivity contribution is 6.32. The highest BCUT2D eigenvalue weighted by Gasteiger charge is 2.11. The largest absolute Gasteiger partial charge is 0.495 e. The number of hydrogen-bond donors (Lipinski definition) is 2. The van der Waals surface area contributed by atoms with E-state index in [0.717, 1.165) is 0 Å². The standard InChI is InChI=1S/C14H13ClN2O4/c1-20-11-7-10(12(21-2)6-9(11)15)17-13-5-8(14(18)19)3-4-16-13/h3-7H,1-2H3,(H,16,17)(H,18,19). The third-order valence-corrected chi connectivity index (χ3v) is 3.04. The molecule has 0 aliphatic heterocycles. The molecule has 0 atom stereocenters. The molecule has 2 rings (SSSR count). The molecule has 1 aromatic heterocycles. The molecule has 0 aliphatic carbocycles. The lowest BCUT2D eigenvalue weighted by molar-refractivity contribution is 0.0697. The molecule has 0 radical (unpaired) electrons. The normalized spacial score (nSPS) is 10.0. The van der Waals surface area contributed by atoms with E-state index in [1.807, 2.05) is 0 Å². The van der Waals surface area contributed by atoms with Crippen molar-refractivity contribution in [3.8, 4) is 11.5 Å². The quantitative estimate of drug-likeness (QED) is 0.883. The summed E-state index contributed by atoms with van der Waals surface area (Å²) in [5, 5.41) is 12.4. The Labute approximate surface area is 126 Å². The van der Waals surface area contributed by atoms with Gasteiger partial charge in [0, 0.05) is 18.3 Å². The third-order valence-electron chi connectivity index (χ3n) is 2.74. The van der Waals surface area contributed by atoms with Crippen molar-refractivity contribution in [2.24, 2.45) is 0 Å². The molecular formula is C14H13ClN2O4. The highest BCUT2D eigenvalue weighted by Crippen LogP contribution is 2.37. The number of methoxy groups -OCH3 is 2. The van der Waals surface area contributed by atoms with Crippen molar-refractivity contribution >= 4 is 29.1 Å². The topological polar surface area (TPSA) is 80.7 Å². The molecule has 2 aromatic rings. The van der Waals surface area contributed by atoms with Crippen molar-refractivity contribution in [1.82, 2.24) is 4.98 Å². The third kappa shape index (κ3) is 3.35. The molecule has 0 saturated heterocycles. The van der Waals surface area contributed by atoms with Gasteiger partial charge in [0.05, 0.1) is 30.5 Å². The maximum absolute atomic E-state index is 11.0. The minimum absolute atomic E-state index is 0.132. The number of carboxylic acids is 1. The second-order valence-corrected chi connectivity index (χ2v) is 4.45. The zero-order chi connectivity index (χ0) is 15.4. The van der Waals surface area contributed by atoms with Gasteiger partial charge in [0.15, 0.2) is 0 Å². The van der Waals surface area contributed by atoms with Crippen molar-refractivity contribution in [2.45, 2.75) is 0 Å². The van der Waals surface area contributed by atoms with Crippen LogP contribution in [0.3, 0.4) is 0 Å². The molecule has 1 aromatic carbocycles. The van der Waals surface area contributed by atoms with Gasteiger partial charge < -0.3 is 19.9 Å². The van der Waals surface area contributed by atoms with E-state index in [1.165, 1.54) is 32.5 Å². The predicted molar refractivity (Wildman–Crippen MR) is 79.0 cm³/mol. The Morgan fingerprint density at radius 1 is 1.24 bits per heavy atom. The minimum atomic E-state index is -1.03. The number of nitrogens with one attached hydrogen (secondary N) is 1. The van der Waals surface area contributed by atoms with Crippen LogP contribution >= 0.6 is 11.6 Å². The van der Waals surface area contributed by atoms with Gasteiger partial charge in [-0.3, -0.25) is 0 Å². The van der Waals surface area contributed by atoms with Crippen LogP contribution < -0.4 is 14.8 Å². The van der Waals surface area contributed by atoms with E-state index in [9.17, 15) is 4.79 Å². The summed E-state index contributed by atoms with van der Waals surface area (Å²) in [5.74, 6) is 0.302. The minimum Gasteiger partial charge on any atom is -0.495 e. The number of aromatic nitrogens is 1. The van der Waals surface area contributed by atoms with E-state index in [4.69, 9.17) is 26.2 Å². The molecule has 0 saturated carbocycles. The molecule has 6 nitrogen and oxygen atoms in total. The molecule has 0 aliphatic rings. The van der Waals surface area contributed by atoms with E-state index in [-0.39, 0.29) is 5.56 Å². The molecule has 2 N–H and O–H groups in total. The molecule has 0 unspecified atom stereocenters. The van der Waals surface area contributed by atoms with Crippen molar-refractivity contribution in [3.63, 3.8) is 0 Å². The summed E-state index contributed by atoms with van der Waals surface area (Å²) in [6.07, 6.45) is 1.41. The number of pyridine rings is 1. The van der Waals surface area contributed by atoms with Crippen molar-refractivity contribution in [1.29, 1.82) is 0 Å². The number of anilines is 2. The van der Waals surface area contributed by atoms with E-state index in [1.54, 1.807) is 12.1 Å². The zero-order valence-electron chi connectivity index (χ0n) is 11.4. The molecule has 110 valence electrons. The van der Waals surface area contributed by atoms with Gasteiger partial charge >= 0.3 is 5.97 Å². The van der Waals surface area contributed by atoms with Gasteiger partial charge in [0.25, 0.3) is 0 Å². The SMILES string of the molecule is COc1cc(Nc2cc(C(=O)O)ccn2)c(OC)cc1Cl. The Morgan fingerprint density at radius 3 is 2.57 bits per heavy atom. The molecule has 0 fully saturated rings. The van der Waals surface area contributed by atoms with Crippen LogP contribution in [0.4, 0.5) is 11.5 Å². The molecule has 21 heavy (non-hydrogen) atoms. The van der Waals surface area contributed by atoms with E-state index < -0.39 is 5.97 Å². The van der Waals surface area contributed by atoms with Crippen LogP contribution in [0, 0.1) is 0 Å². The van der Waals surface area contributed by atoms with Gasteiger partial charge in [-0.25, -0.2) is 9.78 Å². The smallest absolute Gasteiger partial charge is 0.335 e. The summed E-state index contributed by atoms with van der Waals surface area (Å²) >= 11 is 6.02. The predicted octanol–water partition coefficient (Wildman–Crippen LogP) is 3.19. The fourth-order valence-corrected chi connectivity index (χ4v) is 1.96. The van der Waals surface area contributed by atoms with Crippen LogP contribution in [0.2, 0.25) is 5.02 Å². The first kappa shape index (κ1) is 14.9. The number of aromatic carboxylic acids is 1. The first-order valence-electron chi connectivity index (χ1n) is 5.93. The lowest BCUT2D eigenvalue weighted by Gasteiger charge is -2.13. The molecular weight excluding hydrogens is 296 g/mol. The monoisotopic (exact) mass is 308 g/mol. The number of nitrogens with zero attached hydrogens (tertiary/aromatic N) is 1. The van der Waals surface area contributed by atoms with Crippen LogP contribution in [0.15, 0.2) is 30.5 Å². The van der Waals surface area contributed by atoms with Crippen molar-refractivity contribution in [3.05, 3.63) is 41.0 Å². The Kier molecular flexibility index (Phi) is 4.49. The lowest BCUT2D eigenvalue weighted by atomic mass is 10.2. The Morgan fingerprint density at radius 2 is 1.95 bits per heavy atom. The maximum atomic E-state index is 11.0. The van der Waals surface area contributed by atoms with Crippen LogP contribution in [0.25, 0.3) is 0 Å². The van der Waals surface area contributed by atoms with E-state index in [2.05, 4.69) is 10.3 Å². The summed E-state index contributed by atoms with van der Waals surface area (Å²) in [5.41, 5.74) is 0.696. The van der Waals surface area contributed by atoms with Gasteiger partial charge in [-0.15, -0.1) is 0 Å². The van der Waals surface area contributed by atoms with Crippen LogP contribution in [0.1, 0.15) is 10.4 Å². The fourth-order valence-electron chi connectivity index (χ4n) is 1.73. The highest BCUT2D eigenvalue weighted by atomic mass is 35.5. The first-order chi connectivity index (χ1) is 10.0. The molecule has 0 bridgehead atoms. The number of carboxylic acid groups (broad SMARTS) is 1. The van der Waals surface area contributed by atoms with Crippen molar-refractivity contribution < 1.29 is 19.4 Å². The molecule has 1 heterocycles. The van der Waals surface area contributed by atoms with Crippen LogP contribution in [-0.4, -0.2) is 30.3 Å².